The van der Waals surface area contributed by atoms with Gasteiger partial charge >= 0.3 is 0 Å². The third kappa shape index (κ3) is 3.84. The summed E-state index contributed by atoms with van der Waals surface area (Å²) in [5, 5.41) is 0. The number of methoxy groups -OCH3 is 1. The van der Waals surface area contributed by atoms with Crippen molar-refractivity contribution in [1.29, 1.82) is 0 Å². The minimum Gasteiger partial charge on any atom is -0.380 e. The van der Waals surface area contributed by atoms with E-state index in [1.807, 2.05) is 0 Å². The Morgan fingerprint density at radius 1 is 1.39 bits per heavy atom. The van der Waals surface area contributed by atoms with Crippen LogP contribution in [-0.2, 0) is 9.53 Å². The Morgan fingerprint density at radius 3 is 2.39 bits per heavy atom. The molecule has 0 aliphatic heterocycles. The van der Waals surface area contributed by atoms with Crippen LogP contribution in [0.1, 0.15) is 39.0 Å². The Labute approximate surface area is 116 Å². The summed E-state index contributed by atoms with van der Waals surface area (Å²) >= 11 is 0. The quantitative estimate of drug-likeness (QED) is 0.768. The largest absolute Gasteiger partial charge is 0.380 e. The molecule has 2 N–H and O–H groups in total. The van der Waals surface area contributed by atoms with Crippen LogP contribution < -0.4 is 5.73 Å². The molecule has 0 saturated heterocycles. The van der Waals surface area contributed by atoms with Gasteiger partial charge in [0.2, 0.25) is 5.91 Å². The molecule has 0 spiro atoms. The first-order valence-electron chi connectivity index (χ1n) is 6.71. The van der Waals surface area contributed by atoms with Crippen molar-refractivity contribution in [3.63, 3.8) is 0 Å². The van der Waals surface area contributed by atoms with Crippen molar-refractivity contribution >= 4 is 18.3 Å². The third-order valence-corrected chi connectivity index (χ3v) is 3.97. The summed E-state index contributed by atoms with van der Waals surface area (Å²) in [6, 6.07) is 0.902. The average Bonchev–Trinajstić information content (AvgIpc) is 3.17. The SMILES string of the molecule is COC(CN)CC(=O)N(C1CC1)C(C)C1CC1.Cl. The van der Waals surface area contributed by atoms with E-state index >= 15 is 0 Å². The van der Waals surface area contributed by atoms with Gasteiger partial charge < -0.3 is 15.4 Å². The lowest BCUT2D eigenvalue weighted by Crippen LogP contribution is -2.43. The molecule has 2 fully saturated rings. The van der Waals surface area contributed by atoms with Crippen LogP contribution in [0.5, 0.6) is 0 Å². The van der Waals surface area contributed by atoms with Crippen molar-refractivity contribution in [1.82, 2.24) is 4.90 Å². The second kappa shape index (κ2) is 6.73. The third-order valence-electron chi connectivity index (χ3n) is 3.97. The molecule has 4 nitrogen and oxygen atoms in total. The van der Waals surface area contributed by atoms with Crippen LogP contribution in [0.25, 0.3) is 0 Å². The van der Waals surface area contributed by atoms with E-state index in [-0.39, 0.29) is 24.4 Å². The van der Waals surface area contributed by atoms with Crippen LogP contribution in [0.15, 0.2) is 0 Å². The number of nitrogens with zero attached hydrogens (tertiary/aromatic N) is 1. The molecule has 2 rings (SSSR count). The number of carbonyl (C=O) groups excluding carboxylic acids is 1. The van der Waals surface area contributed by atoms with E-state index in [1.165, 1.54) is 25.7 Å². The summed E-state index contributed by atoms with van der Waals surface area (Å²) in [6.07, 6.45) is 5.20. The minimum atomic E-state index is -0.129. The van der Waals surface area contributed by atoms with Crippen LogP contribution in [0.2, 0.25) is 0 Å². The van der Waals surface area contributed by atoms with Gasteiger partial charge in [0, 0.05) is 25.7 Å². The number of ether oxygens (including phenoxy) is 1. The monoisotopic (exact) mass is 276 g/mol. The van der Waals surface area contributed by atoms with Crippen LogP contribution >= 0.6 is 12.4 Å². The van der Waals surface area contributed by atoms with E-state index in [4.69, 9.17) is 10.5 Å². The molecule has 18 heavy (non-hydrogen) atoms. The van der Waals surface area contributed by atoms with Gasteiger partial charge in [-0.25, -0.2) is 0 Å². The lowest BCUT2D eigenvalue weighted by atomic mass is 10.1. The van der Waals surface area contributed by atoms with Crippen molar-refractivity contribution in [2.24, 2.45) is 11.7 Å². The molecule has 0 bridgehead atoms. The second-order valence-electron chi connectivity index (χ2n) is 5.41. The molecule has 0 aromatic carbocycles. The Hall–Kier alpha value is -0.320. The highest BCUT2D eigenvalue weighted by atomic mass is 35.5. The lowest BCUT2D eigenvalue weighted by Gasteiger charge is -2.30. The van der Waals surface area contributed by atoms with E-state index in [0.29, 0.717) is 25.0 Å². The molecule has 2 unspecified atom stereocenters. The first-order valence-corrected chi connectivity index (χ1v) is 6.71. The van der Waals surface area contributed by atoms with Gasteiger partial charge in [-0.2, -0.15) is 0 Å². The maximum absolute atomic E-state index is 12.3. The summed E-state index contributed by atoms with van der Waals surface area (Å²) in [5.41, 5.74) is 5.58. The van der Waals surface area contributed by atoms with Gasteiger partial charge in [0.1, 0.15) is 0 Å². The summed E-state index contributed by atoms with van der Waals surface area (Å²) in [7, 11) is 1.62. The van der Waals surface area contributed by atoms with E-state index < -0.39 is 0 Å². The fraction of sp³-hybridized carbons (Fsp3) is 0.923. The first-order chi connectivity index (χ1) is 8.17. The topological polar surface area (TPSA) is 55.6 Å². The Kier molecular flexibility index (Phi) is 5.89. The molecule has 2 aliphatic carbocycles. The number of halogens is 1. The second-order valence-corrected chi connectivity index (χ2v) is 5.41. The van der Waals surface area contributed by atoms with E-state index in [0.717, 1.165) is 5.92 Å². The molecule has 2 saturated carbocycles. The van der Waals surface area contributed by atoms with Gasteiger partial charge in [0.05, 0.1) is 12.5 Å². The lowest BCUT2D eigenvalue weighted by molar-refractivity contribution is -0.136. The van der Waals surface area contributed by atoms with Gasteiger partial charge in [0.15, 0.2) is 0 Å². The zero-order chi connectivity index (χ0) is 12.4. The number of rotatable bonds is 7. The molecule has 106 valence electrons. The first kappa shape index (κ1) is 15.7. The van der Waals surface area contributed by atoms with Crippen molar-refractivity contribution in [2.45, 2.75) is 57.2 Å². The average molecular weight is 277 g/mol. The highest BCUT2D eigenvalue weighted by Crippen LogP contribution is 2.40. The van der Waals surface area contributed by atoms with E-state index in [2.05, 4.69) is 11.8 Å². The molecule has 0 aromatic heterocycles. The van der Waals surface area contributed by atoms with Crippen LogP contribution in [-0.4, -0.2) is 42.6 Å². The number of carbonyl (C=O) groups is 1. The van der Waals surface area contributed by atoms with Crippen molar-refractivity contribution in [2.75, 3.05) is 13.7 Å². The van der Waals surface area contributed by atoms with Gasteiger partial charge in [0.25, 0.3) is 0 Å². The van der Waals surface area contributed by atoms with Gasteiger partial charge in [-0.1, -0.05) is 0 Å². The van der Waals surface area contributed by atoms with Crippen molar-refractivity contribution < 1.29 is 9.53 Å². The van der Waals surface area contributed by atoms with Gasteiger partial charge in [-0.05, 0) is 38.5 Å². The smallest absolute Gasteiger partial charge is 0.225 e. The normalized spacial score (nSPS) is 21.9. The molecule has 1 amide bonds. The standard InChI is InChI=1S/C13H24N2O2.ClH/c1-9(10-3-4-10)15(11-5-6-11)13(16)7-12(8-14)17-2;/h9-12H,3-8,14H2,1-2H3;1H. The Balaban J connectivity index is 0.00000162. The Morgan fingerprint density at radius 2 is 2.00 bits per heavy atom. The summed E-state index contributed by atoms with van der Waals surface area (Å²) in [5.74, 6) is 0.961. The summed E-state index contributed by atoms with van der Waals surface area (Å²) in [4.78, 5) is 14.4. The zero-order valence-corrected chi connectivity index (χ0v) is 12.1. The predicted molar refractivity (Wildman–Crippen MR) is 73.8 cm³/mol. The van der Waals surface area contributed by atoms with Gasteiger partial charge in [-0.15, -0.1) is 12.4 Å². The van der Waals surface area contributed by atoms with Crippen molar-refractivity contribution in [3.8, 4) is 0 Å². The van der Waals surface area contributed by atoms with Crippen molar-refractivity contribution in [3.05, 3.63) is 0 Å². The maximum atomic E-state index is 12.3. The fourth-order valence-electron chi connectivity index (χ4n) is 2.48. The fourth-order valence-corrected chi connectivity index (χ4v) is 2.48. The zero-order valence-electron chi connectivity index (χ0n) is 11.3. The molecule has 5 heteroatoms. The number of nitrogens with two attached hydrogens (primary N) is 1. The van der Waals surface area contributed by atoms with Crippen LogP contribution in [0, 0.1) is 5.92 Å². The van der Waals surface area contributed by atoms with E-state index in [9.17, 15) is 4.79 Å². The molecular weight excluding hydrogens is 252 g/mol. The summed E-state index contributed by atoms with van der Waals surface area (Å²) < 4.78 is 5.20. The predicted octanol–water partition coefficient (Wildman–Crippen LogP) is 1.56. The summed E-state index contributed by atoms with van der Waals surface area (Å²) in [6.45, 7) is 2.61. The number of amides is 1. The molecular formula is C13H25ClN2O2. The molecule has 0 radical (unpaired) electrons. The van der Waals surface area contributed by atoms with Crippen LogP contribution in [0.4, 0.5) is 0 Å². The Bertz CT molecular complexity index is 276. The molecule has 0 heterocycles. The van der Waals surface area contributed by atoms with Crippen LogP contribution in [0.3, 0.4) is 0 Å². The minimum absolute atomic E-state index is 0. The maximum Gasteiger partial charge on any atom is 0.225 e. The molecule has 2 aliphatic rings. The highest BCUT2D eigenvalue weighted by Gasteiger charge is 2.41. The molecule has 0 aromatic rings. The highest BCUT2D eigenvalue weighted by molar-refractivity contribution is 5.85. The molecule has 2 atom stereocenters. The van der Waals surface area contributed by atoms with Gasteiger partial charge in [-0.3, -0.25) is 4.79 Å². The number of hydrogen-bond acceptors (Lipinski definition) is 3. The number of hydrogen-bond donors (Lipinski definition) is 1. The van der Waals surface area contributed by atoms with E-state index in [1.54, 1.807) is 7.11 Å².